The number of nitrogens with zero attached hydrogens (tertiary/aromatic N) is 2. The summed E-state index contributed by atoms with van der Waals surface area (Å²) in [5.74, 6) is -0.490. The third-order valence-corrected chi connectivity index (χ3v) is 6.57. The van der Waals surface area contributed by atoms with Crippen molar-refractivity contribution in [3.05, 3.63) is 42.0 Å². The summed E-state index contributed by atoms with van der Waals surface area (Å²) in [5.41, 5.74) is 0.815. The average Bonchev–Trinajstić information content (AvgIpc) is 2.84. The SMILES string of the molecule is C(=NC1CCCCC1)=NC1CCCCC1.COc1ccc2cc([C@H](C)C(=O)O)ccc2c1. The molecule has 0 aromatic heterocycles. The highest BCUT2D eigenvalue weighted by molar-refractivity contribution is 5.86. The maximum atomic E-state index is 10.9. The van der Waals surface area contributed by atoms with Gasteiger partial charge >= 0.3 is 5.97 Å². The van der Waals surface area contributed by atoms with E-state index in [1.165, 1.54) is 64.2 Å². The number of ether oxygens (including phenoxy) is 1. The molecule has 0 bridgehead atoms. The van der Waals surface area contributed by atoms with E-state index in [1.54, 1.807) is 14.0 Å². The molecule has 0 saturated heterocycles. The number of carboxylic acids is 1. The summed E-state index contributed by atoms with van der Waals surface area (Å²) in [5, 5.41) is 11.0. The Morgan fingerprint density at radius 1 is 0.906 bits per heavy atom. The fourth-order valence-electron chi connectivity index (χ4n) is 4.40. The molecule has 0 aliphatic heterocycles. The molecule has 4 rings (SSSR count). The van der Waals surface area contributed by atoms with Crippen molar-refractivity contribution in [1.82, 2.24) is 0 Å². The number of hydrogen-bond acceptors (Lipinski definition) is 4. The topological polar surface area (TPSA) is 71.2 Å². The van der Waals surface area contributed by atoms with Crippen molar-refractivity contribution in [3.8, 4) is 5.75 Å². The number of aliphatic imine (C=N–C) groups is 2. The summed E-state index contributed by atoms with van der Waals surface area (Å²) in [7, 11) is 1.63. The van der Waals surface area contributed by atoms with Gasteiger partial charge in [-0.2, -0.15) is 0 Å². The molecule has 0 heterocycles. The number of methoxy groups -OCH3 is 1. The van der Waals surface area contributed by atoms with Gasteiger partial charge in [-0.05, 0) is 61.1 Å². The Morgan fingerprint density at radius 2 is 1.44 bits per heavy atom. The predicted octanol–water partition coefficient (Wildman–Crippen LogP) is 6.86. The van der Waals surface area contributed by atoms with Gasteiger partial charge in [0.15, 0.2) is 0 Å². The molecule has 2 aromatic rings. The minimum absolute atomic E-state index is 0.485. The van der Waals surface area contributed by atoms with Crippen LogP contribution in [0.1, 0.15) is 82.6 Å². The summed E-state index contributed by atoms with van der Waals surface area (Å²) >= 11 is 0. The third-order valence-electron chi connectivity index (χ3n) is 6.57. The lowest BCUT2D eigenvalue weighted by atomic mass is 9.96. The molecule has 2 fully saturated rings. The maximum absolute atomic E-state index is 10.9. The average molecular weight is 437 g/mol. The number of carbonyl (C=O) groups is 1. The number of hydrogen-bond donors (Lipinski definition) is 1. The second kappa shape index (κ2) is 12.4. The Bertz CT molecular complexity index is 915. The van der Waals surface area contributed by atoms with Crippen LogP contribution < -0.4 is 4.74 Å². The highest BCUT2D eigenvalue weighted by Crippen LogP contribution is 2.25. The van der Waals surface area contributed by atoms with Crippen molar-refractivity contribution in [2.24, 2.45) is 9.98 Å². The molecule has 172 valence electrons. The summed E-state index contributed by atoms with van der Waals surface area (Å²) in [6.45, 7) is 1.69. The molecule has 1 atom stereocenters. The van der Waals surface area contributed by atoms with Crippen molar-refractivity contribution >= 4 is 22.8 Å². The van der Waals surface area contributed by atoms with Crippen LogP contribution in [0.2, 0.25) is 0 Å². The fourth-order valence-corrected chi connectivity index (χ4v) is 4.40. The van der Waals surface area contributed by atoms with Gasteiger partial charge in [-0.1, -0.05) is 62.8 Å². The smallest absolute Gasteiger partial charge is 0.310 e. The zero-order valence-electron chi connectivity index (χ0n) is 19.4. The van der Waals surface area contributed by atoms with E-state index in [1.807, 2.05) is 36.4 Å². The van der Waals surface area contributed by atoms with Crippen LogP contribution in [0.3, 0.4) is 0 Å². The molecule has 2 aliphatic carbocycles. The van der Waals surface area contributed by atoms with Gasteiger partial charge in [0.1, 0.15) is 5.75 Å². The molecule has 32 heavy (non-hydrogen) atoms. The molecule has 0 spiro atoms. The molecule has 5 heteroatoms. The maximum Gasteiger partial charge on any atom is 0.310 e. The number of aliphatic carboxylic acids is 1. The minimum Gasteiger partial charge on any atom is -0.497 e. The first-order valence-corrected chi connectivity index (χ1v) is 12.0. The largest absolute Gasteiger partial charge is 0.497 e. The van der Waals surface area contributed by atoms with Crippen molar-refractivity contribution < 1.29 is 14.6 Å². The van der Waals surface area contributed by atoms with Crippen LogP contribution in [0.4, 0.5) is 0 Å². The van der Waals surface area contributed by atoms with Crippen molar-refractivity contribution in [2.75, 3.05) is 7.11 Å². The fraction of sp³-hybridized carbons (Fsp3) is 0.556. The van der Waals surface area contributed by atoms with E-state index in [-0.39, 0.29) is 0 Å². The van der Waals surface area contributed by atoms with Gasteiger partial charge in [0.2, 0.25) is 0 Å². The summed E-state index contributed by atoms with van der Waals surface area (Å²) in [6.07, 6.45) is 13.2. The molecule has 0 amide bonds. The normalized spacial score (nSPS) is 18.1. The van der Waals surface area contributed by atoms with Crippen LogP contribution in [0.25, 0.3) is 10.8 Å². The Hall–Kier alpha value is -2.65. The van der Waals surface area contributed by atoms with Gasteiger partial charge in [0.05, 0.1) is 31.1 Å². The molecule has 0 radical (unpaired) electrons. The summed E-state index contributed by atoms with van der Waals surface area (Å²) in [6, 6.07) is 15.5. The quantitative estimate of drug-likeness (QED) is 0.520. The first-order chi connectivity index (χ1) is 15.6. The third kappa shape index (κ3) is 7.20. The molecular formula is C27H36N2O3. The Balaban J connectivity index is 0.000000182. The molecule has 5 nitrogen and oxygen atoms in total. The highest BCUT2D eigenvalue weighted by Gasteiger charge is 2.14. The van der Waals surface area contributed by atoms with Gasteiger partial charge in [0, 0.05) is 0 Å². The molecule has 2 aliphatic rings. The standard InChI is InChI=1S/C14H14O3.C13H22N2/c1-9(14(15)16)10-3-4-12-8-13(17-2)6-5-11(12)7-10;1-3-7-12(8-4-1)14-11-15-13-9-5-2-6-10-13/h3-9H,1-2H3,(H,15,16);12-13H,1-10H2/t9-;/m0./s1. The van der Waals surface area contributed by atoms with Gasteiger partial charge in [-0.25, -0.2) is 9.98 Å². The van der Waals surface area contributed by atoms with Gasteiger partial charge in [-0.3, -0.25) is 4.79 Å². The highest BCUT2D eigenvalue weighted by atomic mass is 16.5. The lowest BCUT2D eigenvalue weighted by Crippen LogP contribution is -2.10. The van der Waals surface area contributed by atoms with Gasteiger partial charge in [0.25, 0.3) is 0 Å². The van der Waals surface area contributed by atoms with Crippen molar-refractivity contribution in [3.63, 3.8) is 0 Å². The van der Waals surface area contributed by atoms with Crippen LogP contribution in [0, 0.1) is 0 Å². The van der Waals surface area contributed by atoms with Crippen LogP contribution in [0.5, 0.6) is 5.75 Å². The first-order valence-electron chi connectivity index (χ1n) is 12.0. The van der Waals surface area contributed by atoms with E-state index in [4.69, 9.17) is 9.84 Å². The number of fused-ring (bicyclic) bond motifs is 1. The van der Waals surface area contributed by atoms with E-state index in [0.717, 1.165) is 22.1 Å². The predicted molar refractivity (Wildman–Crippen MR) is 130 cm³/mol. The Labute approximate surface area is 191 Å². The second-order valence-corrected chi connectivity index (χ2v) is 8.97. The number of rotatable bonds is 5. The van der Waals surface area contributed by atoms with Gasteiger partial charge < -0.3 is 9.84 Å². The molecule has 0 unspecified atom stereocenters. The lowest BCUT2D eigenvalue weighted by Gasteiger charge is -2.17. The number of benzene rings is 2. The lowest BCUT2D eigenvalue weighted by molar-refractivity contribution is -0.138. The zero-order chi connectivity index (χ0) is 22.8. The Kier molecular flexibility index (Phi) is 9.30. The molecule has 1 N–H and O–H groups in total. The molecular weight excluding hydrogens is 400 g/mol. The zero-order valence-corrected chi connectivity index (χ0v) is 19.4. The van der Waals surface area contributed by atoms with Crippen LogP contribution in [0.15, 0.2) is 46.4 Å². The van der Waals surface area contributed by atoms with E-state index < -0.39 is 11.9 Å². The van der Waals surface area contributed by atoms with Crippen LogP contribution in [-0.2, 0) is 4.79 Å². The first kappa shape index (κ1) is 24.0. The van der Waals surface area contributed by atoms with Crippen LogP contribution >= 0.6 is 0 Å². The van der Waals surface area contributed by atoms with Gasteiger partial charge in [-0.15, -0.1) is 0 Å². The minimum atomic E-state index is -0.808. The molecule has 2 saturated carbocycles. The summed E-state index contributed by atoms with van der Waals surface area (Å²) < 4.78 is 5.14. The van der Waals surface area contributed by atoms with E-state index in [2.05, 4.69) is 16.0 Å². The van der Waals surface area contributed by atoms with Crippen molar-refractivity contribution in [1.29, 1.82) is 0 Å². The van der Waals surface area contributed by atoms with E-state index in [0.29, 0.717) is 12.1 Å². The summed E-state index contributed by atoms with van der Waals surface area (Å²) in [4.78, 5) is 19.8. The van der Waals surface area contributed by atoms with Crippen LogP contribution in [-0.4, -0.2) is 36.3 Å². The van der Waals surface area contributed by atoms with Crippen molar-refractivity contribution in [2.45, 2.75) is 89.1 Å². The van der Waals surface area contributed by atoms with E-state index >= 15 is 0 Å². The second-order valence-electron chi connectivity index (χ2n) is 8.97. The Morgan fingerprint density at radius 3 is 1.97 bits per heavy atom. The van der Waals surface area contributed by atoms with E-state index in [9.17, 15) is 4.79 Å². The molecule has 2 aromatic carbocycles. The monoisotopic (exact) mass is 436 g/mol. The number of carboxylic acid groups (broad SMARTS) is 1.